The van der Waals surface area contributed by atoms with Gasteiger partial charge in [0.2, 0.25) is 0 Å². The first kappa shape index (κ1) is 18.8. The van der Waals surface area contributed by atoms with Gasteiger partial charge in [-0.2, -0.15) is 11.8 Å². The molecule has 2 heterocycles. The summed E-state index contributed by atoms with van der Waals surface area (Å²) in [6.07, 6.45) is 2.06. The van der Waals surface area contributed by atoms with Crippen LogP contribution in [0.5, 0.6) is 5.75 Å². The first-order valence-electron chi connectivity index (χ1n) is 9.00. The Labute approximate surface area is 172 Å². The number of anilines is 1. The van der Waals surface area contributed by atoms with Crippen molar-refractivity contribution in [2.75, 3.05) is 11.6 Å². The maximum atomic E-state index is 9.76. The molecule has 0 radical (unpaired) electrons. The minimum Gasteiger partial charge on any atom is -0.508 e. The molecule has 0 aliphatic heterocycles. The number of aryl methyl sites for hydroxylation is 1. The van der Waals surface area contributed by atoms with Crippen molar-refractivity contribution in [1.82, 2.24) is 9.97 Å². The molecule has 0 fully saturated rings. The highest BCUT2D eigenvalue weighted by Crippen LogP contribution is 2.37. The van der Waals surface area contributed by atoms with Gasteiger partial charge in [0.1, 0.15) is 22.2 Å². The molecular weight excluding hydrogens is 386 g/mol. The average molecular weight is 408 g/mol. The molecule has 0 unspecified atom stereocenters. The molecule has 6 heteroatoms. The summed E-state index contributed by atoms with van der Waals surface area (Å²) in [7, 11) is 0. The summed E-state index contributed by atoms with van der Waals surface area (Å²) in [6.45, 7) is 2.54. The van der Waals surface area contributed by atoms with Crippen LogP contribution in [0.4, 0.5) is 5.82 Å². The van der Waals surface area contributed by atoms with E-state index in [9.17, 15) is 5.11 Å². The molecule has 0 aliphatic rings. The van der Waals surface area contributed by atoms with Crippen molar-refractivity contribution in [3.63, 3.8) is 0 Å². The minimum atomic E-state index is 0.319. The summed E-state index contributed by atoms with van der Waals surface area (Å²) >= 11 is 3.37. The second-order valence-electron chi connectivity index (χ2n) is 6.59. The number of phenols is 1. The largest absolute Gasteiger partial charge is 0.508 e. The molecule has 0 saturated heterocycles. The van der Waals surface area contributed by atoms with Gasteiger partial charge in [-0.05, 0) is 35.9 Å². The molecule has 0 atom stereocenters. The number of hydrogen-bond donors (Lipinski definition) is 2. The summed E-state index contributed by atoms with van der Waals surface area (Å²) in [6, 6.07) is 16.0. The molecule has 0 bridgehead atoms. The molecule has 2 N–H and O–H groups in total. The molecule has 4 aromatic rings. The summed E-state index contributed by atoms with van der Waals surface area (Å²) in [5, 5.41) is 16.5. The monoisotopic (exact) mass is 407 g/mol. The van der Waals surface area contributed by atoms with E-state index in [4.69, 9.17) is 9.97 Å². The van der Waals surface area contributed by atoms with E-state index in [1.165, 1.54) is 5.56 Å². The third-order valence-electron chi connectivity index (χ3n) is 4.56. The van der Waals surface area contributed by atoms with Crippen molar-refractivity contribution in [3.8, 4) is 16.9 Å². The Morgan fingerprint density at radius 3 is 2.68 bits per heavy atom. The van der Waals surface area contributed by atoms with E-state index in [0.717, 1.165) is 44.3 Å². The molecule has 0 spiro atoms. The summed E-state index contributed by atoms with van der Waals surface area (Å²) in [4.78, 5) is 10.6. The molecule has 0 aliphatic carbocycles. The van der Waals surface area contributed by atoms with Crippen molar-refractivity contribution in [2.24, 2.45) is 0 Å². The number of aromatic hydroxyl groups is 1. The first-order valence-corrected chi connectivity index (χ1v) is 11.3. The lowest BCUT2D eigenvalue weighted by atomic mass is 10.1. The van der Waals surface area contributed by atoms with E-state index < -0.39 is 0 Å². The summed E-state index contributed by atoms with van der Waals surface area (Å²) < 4.78 is 0. The zero-order chi connectivity index (χ0) is 19.5. The van der Waals surface area contributed by atoms with Crippen LogP contribution in [0.25, 0.3) is 21.3 Å². The summed E-state index contributed by atoms with van der Waals surface area (Å²) in [5.41, 5.74) is 4.29. The molecule has 142 valence electrons. The lowest BCUT2D eigenvalue weighted by molar-refractivity contribution is 0.471. The second kappa shape index (κ2) is 8.20. The van der Waals surface area contributed by atoms with Crippen LogP contribution in [-0.4, -0.2) is 21.3 Å². The van der Waals surface area contributed by atoms with Crippen LogP contribution < -0.4 is 5.32 Å². The Morgan fingerprint density at radius 1 is 1.11 bits per heavy atom. The van der Waals surface area contributed by atoms with E-state index in [1.54, 1.807) is 29.2 Å². The fraction of sp³-hybridized carbons (Fsp3) is 0.182. The van der Waals surface area contributed by atoms with Gasteiger partial charge in [-0.1, -0.05) is 42.5 Å². The van der Waals surface area contributed by atoms with Gasteiger partial charge in [-0.3, -0.25) is 0 Å². The maximum Gasteiger partial charge on any atom is 0.142 e. The van der Waals surface area contributed by atoms with Gasteiger partial charge in [-0.25, -0.2) is 9.97 Å². The van der Waals surface area contributed by atoms with Gasteiger partial charge in [-0.15, -0.1) is 11.3 Å². The maximum absolute atomic E-state index is 9.76. The average Bonchev–Trinajstić information content (AvgIpc) is 3.14. The van der Waals surface area contributed by atoms with Crippen molar-refractivity contribution in [3.05, 3.63) is 70.9 Å². The van der Waals surface area contributed by atoms with Crippen LogP contribution in [0.2, 0.25) is 0 Å². The van der Waals surface area contributed by atoms with Crippen LogP contribution in [0.1, 0.15) is 17.0 Å². The Morgan fingerprint density at radius 2 is 1.93 bits per heavy atom. The van der Waals surface area contributed by atoms with E-state index in [2.05, 4.69) is 29.1 Å². The van der Waals surface area contributed by atoms with E-state index in [0.29, 0.717) is 12.3 Å². The molecule has 0 saturated carbocycles. The third-order valence-corrected chi connectivity index (χ3v) is 5.98. The molecule has 0 amide bonds. The van der Waals surface area contributed by atoms with Crippen LogP contribution in [-0.2, 0) is 12.3 Å². The van der Waals surface area contributed by atoms with Crippen molar-refractivity contribution in [2.45, 2.75) is 19.2 Å². The van der Waals surface area contributed by atoms with E-state index in [1.807, 2.05) is 37.3 Å². The predicted octanol–water partition coefficient (Wildman–Crippen LogP) is 5.85. The lowest BCUT2D eigenvalue weighted by Crippen LogP contribution is -2.05. The number of thiophene rings is 1. The van der Waals surface area contributed by atoms with Gasteiger partial charge in [0.05, 0.1) is 11.1 Å². The Kier molecular flexibility index (Phi) is 5.50. The topological polar surface area (TPSA) is 58.0 Å². The number of nitrogens with zero attached hydrogens (tertiary/aromatic N) is 2. The number of hydrogen-bond acceptors (Lipinski definition) is 6. The molecule has 4 rings (SSSR count). The second-order valence-corrected chi connectivity index (χ2v) is 8.32. The van der Waals surface area contributed by atoms with Crippen LogP contribution in [0.3, 0.4) is 0 Å². The van der Waals surface area contributed by atoms with Crippen molar-refractivity contribution < 1.29 is 5.11 Å². The number of phenolic OH excluding ortho intramolecular Hbond substituents is 1. The number of benzene rings is 2. The van der Waals surface area contributed by atoms with Gasteiger partial charge in [0.15, 0.2) is 0 Å². The fourth-order valence-corrected chi connectivity index (χ4v) is 4.50. The van der Waals surface area contributed by atoms with Gasteiger partial charge in [0, 0.05) is 17.5 Å². The van der Waals surface area contributed by atoms with E-state index >= 15 is 0 Å². The van der Waals surface area contributed by atoms with Gasteiger partial charge >= 0.3 is 0 Å². The minimum absolute atomic E-state index is 0.319. The fourth-order valence-electron chi connectivity index (χ4n) is 3.15. The number of rotatable bonds is 6. The normalized spacial score (nSPS) is 11.1. The van der Waals surface area contributed by atoms with Crippen LogP contribution >= 0.6 is 23.1 Å². The molecule has 2 aromatic carbocycles. The number of thioether (sulfide) groups is 1. The lowest BCUT2D eigenvalue weighted by Gasteiger charge is -2.11. The Balaban J connectivity index is 1.75. The predicted molar refractivity (Wildman–Crippen MR) is 120 cm³/mol. The number of fused-ring (bicyclic) bond motifs is 1. The smallest absolute Gasteiger partial charge is 0.142 e. The van der Waals surface area contributed by atoms with Gasteiger partial charge in [0.25, 0.3) is 0 Å². The quantitative estimate of drug-likeness (QED) is 0.420. The molecule has 2 aromatic heterocycles. The standard InChI is InChI=1S/C22H21N3OS2/c1-14-10-15(8-9-18(14)26)11-23-21-20-17(16-6-4-3-5-7-16)12-28-22(20)25-19(24-21)13-27-2/h3-10,12,26H,11,13H2,1-2H3,(H,23,24,25). The highest BCUT2D eigenvalue weighted by molar-refractivity contribution is 7.97. The molecule has 4 nitrogen and oxygen atoms in total. The van der Waals surface area contributed by atoms with Gasteiger partial charge < -0.3 is 10.4 Å². The van der Waals surface area contributed by atoms with Crippen LogP contribution in [0, 0.1) is 6.92 Å². The highest BCUT2D eigenvalue weighted by atomic mass is 32.2. The number of aromatic nitrogens is 2. The molecule has 28 heavy (non-hydrogen) atoms. The zero-order valence-corrected chi connectivity index (χ0v) is 17.4. The Hall–Kier alpha value is -2.57. The van der Waals surface area contributed by atoms with Crippen molar-refractivity contribution in [1.29, 1.82) is 0 Å². The zero-order valence-electron chi connectivity index (χ0n) is 15.8. The Bertz CT molecular complexity index is 1110. The first-order chi connectivity index (χ1) is 13.7. The number of nitrogens with one attached hydrogen (secondary N) is 1. The van der Waals surface area contributed by atoms with Crippen LogP contribution in [0.15, 0.2) is 53.9 Å². The van der Waals surface area contributed by atoms with Crippen molar-refractivity contribution >= 4 is 39.1 Å². The molecular formula is C22H21N3OS2. The SMILES string of the molecule is CSCc1nc(NCc2ccc(O)c(C)c2)c2c(-c3ccccc3)csc2n1. The summed E-state index contributed by atoms with van der Waals surface area (Å²) in [5.74, 6) is 2.80. The van der Waals surface area contributed by atoms with E-state index in [-0.39, 0.29) is 0 Å². The highest BCUT2D eigenvalue weighted by Gasteiger charge is 2.15. The third kappa shape index (κ3) is 3.84.